The lowest BCUT2D eigenvalue weighted by atomic mass is 10.2. The maximum Gasteiger partial charge on any atom is 0.408 e. The summed E-state index contributed by atoms with van der Waals surface area (Å²) in [6, 6.07) is -1.28. The molecule has 7 nitrogen and oxygen atoms in total. The summed E-state index contributed by atoms with van der Waals surface area (Å²) in [6.45, 7) is 8.50. The second kappa shape index (κ2) is 7.63. The predicted octanol–water partition coefficient (Wildman–Crippen LogP) is 1.12. The summed E-state index contributed by atoms with van der Waals surface area (Å²) >= 11 is 0. The van der Waals surface area contributed by atoms with Crippen molar-refractivity contribution in [3.05, 3.63) is 0 Å². The van der Waals surface area contributed by atoms with Crippen LogP contribution in [0, 0.1) is 5.92 Å². The topological polar surface area (TPSA) is 98.8 Å². The average molecular weight is 323 g/mol. The number of esters is 1. The molecular formula is C13H25NO6S. The monoisotopic (exact) mass is 323 g/mol. The lowest BCUT2D eigenvalue weighted by molar-refractivity contribution is -0.142. The maximum absolute atomic E-state index is 11.9. The summed E-state index contributed by atoms with van der Waals surface area (Å²) in [5, 5.41) is 2.24. The Morgan fingerprint density at radius 2 is 1.67 bits per heavy atom. The zero-order valence-corrected chi connectivity index (χ0v) is 14.2. The minimum absolute atomic E-state index is 0.0729. The Morgan fingerprint density at radius 3 is 2.05 bits per heavy atom. The molecule has 0 aromatic carbocycles. The highest BCUT2D eigenvalue weighted by molar-refractivity contribution is 7.91. The van der Waals surface area contributed by atoms with E-state index in [2.05, 4.69) is 10.1 Å². The van der Waals surface area contributed by atoms with Gasteiger partial charge < -0.3 is 14.8 Å². The average Bonchev–Trinajstić information content (AvgIpc) is 2.21. The highest BCUT2D eigenvalue weighted by Gasteiger charge is 2.30. The summed E-state index contributed by atoms with van der Waals surface area (Å²) in [6.07, 6.45) is -0.863. The van der Waals surface area contributed by atoms with Gasteiger partial charge in [-0.15, -0.1) is 0 Å². The Bertz CT molecular complexity index is 464. The van der Waals surface area contributed by atoms with Crippen molar-refractivity contribution >= 4 is 21.9 Å². The van der Waals surface area contributed by atoms with E-state index >= 15 is 0 Å². The first kappa shape index (κ1) is 19.7. The lowest BCUT2D eigenvalue weighted by Crippen LogP contribution is -2.48. The van der Waals surface area contributed by atoms with E-state index in [0.29, 0.717) is 0 Å². The molecule has 0 aliphatic carbocycles. The summed E-state index contributed by atoms with van der Waals surface area (Å²) in [4.78, 5) is 23.3. The minimum Gasteiger partial charge on any atom is -0.467 e. The molecule has 1 N–H and O–H groups in total. The Kier molecular flexibility index (Phi) is 7.15. The SMILES string of the molecule is COC(=O)C(CS(=O)(=O)CC(C)C)NC(=O)OC(C)(C)C. The molecule has 0 aliphatic heterocycles. The van der Waals surface area contributed by atoms with E-state index < -0.39 is 39.3 Å². The Hall–Kier alpha value is -1.31. The van der Waals surface area contributed by atoms with E-state index in [4.69, 9.17) is 4.74 Å². The van der Waals surface area contributed by atoms with Crippen LogP contribution in [0.1, 0.15) is 34.6 Å². The summed E-state index contributed by atoms with van der Waals surface area (Å²) < 4.78 is 33.4. The summed E-state index contributed by atoms with van der Waals surface area (Å²) in [5.74, 6) is -1.49. The van der Waals surface area contributed by atoms with E-state index in [0.717, 1.165) is 7.11 Å². The molecule has 8 heteroatoms. The lowest BCUT2D eigenvalue weighted by Gasteiger charge is -2.22. The fourth-order valence-electron chi connectivity index (χ4n) is 1.59. The molecule has 0 spiro atoms. The number of alkyl carbamates (subject to hydrolysis) is 1. The second-order valence-electron chi connectivity index (χ2n) is 6.19. The molecule has 0 heterocycles. The van der Waals surface area contributed by atoms with E-state index in [9.17, 15) is 18.0 Å². The van der Waals surface area contributed by atoms with Crippen molar-refractivity contribution in [2.75, 3.05) is 18.6 Å². The molecule has 21 heavy (non-hydrogen) atoms. The van der Waals surface area contributed by atoms with Gasteiger partial charge >= 0.3 is 12.1 Å². The standard InChI is InChI=1S/C13H25NO6S/c1-9(2)7-21(17,18)8-10(11(15)19-6)14-12(16)20-13(3,4)5/h9-10H,7-8H2,1-6H3,(H,14,16). The van der Waals surface area contributed by atoms with Crippen molar-refractivity contribution in [2.24, 2.45) is 5.92 Å². The van der Waals surface area contributed by atoms with Crippen LogP contribution < -0.4 is 5.32 Å². The highest BCUT2D eigenvalue weighted by Crippen LogP contribution is 2.08. The molecule has 0 rings (SSSR count). The van der Waals surface area contributed by atoms with Crippen molar-refractivity contribution in [1.29, 1.82) is 0 Å². The molecule has 0 saturated carbocycles. The first-order valence-electron chi connectivity index (χ1n) is 6.64. The van der Waals surface area contributed by atoms with Gasteiger partial charge in [-0.25, -0.2) is 18.0 Å². The molecule has 1 atom stereocenters. The predicted molar refractivity (Wildman–Crippen MR) is 78.7 cm³/mol. The van der Waals surface area contributed by atoms with Gasteiger partial charge in [-0.05, 0) is 26.7 Å². The molecule has 0 bridgehead atoms. The van der Waals surface area contributed by atoms with Crippen LogP contribution in [0.2, 0.25) is 0 Å². The normalized spacial score (nSPS) is 13.7. The zero-order chi connectivity index (χ0) is 16.8. The molecule has 1 amide bonds. The Balaban J connectivity index is 4.91. The molecule has 0 radical (unpaired) electrons. The number of hydrogen-bond donors (Lipinski definition) is 1. The number of ether oxygens (including phenoxy) is 2. The van der Waals surface area contributed by atoms with Crippen molar-refractivity contribution in [3.63, 3.8) is 0 Å². The van der Waals surface area contributed by atoms with Crippen LogP contribution in [-0.2, 0) is 24.1 Å². The van der Waals surface area contributed by atoms with E-state index in [-0.39, 0.29) is 11.7 Å². The second-order valence-corrected chi connectivity index (χ2v) is 8.35. The number of carbonyl (C=O) groups excluding carboxylic acids is 2. The van der Waals surface area contributed by atoms with Gasteiger partial charge in [0.2, 0.25) is 0 Å². The van der Waals surface area contributed by atoms with Crippen LogP contribution in [0.25, 0.3) is 0 Å². The number of methoxy groups -OCH3 is 1. The van der Waals surface area contributed by atoms with Crippen molar-refractivity contribution < 1.29 is 27.5 Å². The summed E-state index contributed by atoms with van der Waals surface area (Å²) in [5.41, 5.74) is -0.748. The quantitative estimate of drug-likeness (QED) is 0.736. The van der Waals surface area contributed by atoms with Crippen molar-refractivity contribution in [2.45, 2.75) is 46.3 Å². The van der Waals surface area contributed by atoms with Crippen LogP contribution in [0.3, 0.4) is 0 Å². The van der Waals surface area contributed by atoms with Crippen LogP contribution in [0.15, 0.2) is 0 Å². The molecule has 0 fully saturated rings. The molecular weight excluding hydrogens is 298 g/mol. The van der Waals surface area contributed by atoms with Gasteiger partial charge in [0.25, 0.3) is 0 Å². The molecule has 0 aromatic rings. The minimum atomic E-state index is -3.50. The first-order chi connectivity index (χ1) is 9.36. The fourth-order valence-corrected chi connectivity index (χ4v) is 3.47. The van der Waals surface area contributed by atoms with Crippen LogP contribution in [0.4, 0.5) is 4.79 Å². The number of carbonyl (C=O) groups is 2. The zero-order valence-electron chi connectivity index (χ0n) is 13.4. The van der Waals surface area contributed by atoms with Gasteiger partial charge in [0.05, 0.1) is 18.6 Å². The number of nitrogens with one attached hydrogen (secondary N) is 1. The van der Waals surface area contributed by atoms with Gasteiger partial charge in [-0.2, -0.15) is 0 Å². The molecule has 0 saturated heterocycles. The molecule has 0 aromatic heterocycles. The smallest absolute Gasteiger partial charge is 0.408 e. The van der Waals surface area contributed by atoms with Crippen LogP contribution in [-0.4, -0.2) is 50.7 Å². The van der Waals surface area contributed by atoms with Crippen LogP contribution in [0.5, 0.6) is 0 Å². The third-order valence-corrected chi connectivity index (χ3v) is 4.20. The fraction of sp³-hybridized carbons (Fsp3) is 0.846. The van der Waals surface area contributed by atoms with E-state index in [1.165, 1.54) is 0 Å². The largest absolute Gasteiger partial charge is 0.467 e. The number of hydrogen-bond acceptors (Lipinski definition) is 6. The van der Waals surface area contributed by atoms with Gasteiger partial charge in [0.15, 0.2) is 9.84 Å². The third-order valence-electron chi connectivity index (χ3n) is 2.18. The van der Waals surface area contributed by atoms with Crippen LogP contribution >= 0.6 is 0 Å². The highest BCUT2D eigenvalue weighted by atomic mass is 32.2. The molecule has 1 unspecified atom stereocenters. The van der Waals surface area contributed by atoms with E-state index in [1.807, 2.05) is 0 Å². The Morgan fingerprint density at radius 1 is 1.14 bits per heavy atom. The third kappa shape index (κ3) is 9.28. The van der Waals surface area contributed by atoms with Gasteiger partial charge in [0.1, 0.15) is 11.6 Å². The first-order valence-corrected chi connectivity index (χ1v) is 8.46. The number of sulfone groups is 1. The number of amides is 1. The Labute approximate surface area is 126 Å². The van der Waals surface area contributed by atoms with Gasteiger partial charge in [-0.1, -0.05) is 13.8 Å². The van der Waals surface area contributed by atoms with Gasteiger partial charge in [0, 0.05) is 0 Å². The van der Waals surface area contributed by atoms with Crippen molar-refractivity contribution in [1.82, 2.24) is 5.32 Å². The van der Waals surface area contributed by atoms with E-state index in [1.54, 1.807) is 34.6 Å². The molecule has 0 aliphatic rings. The maximum atomic E-state index is 11.9. The summed E-state index contributed by atoms with van der Waals surface area (Å²) in [7, 11) is -2.37. The molecule has 124 valence electrons. The van der Waals surface area contributed by atoms with Gasteiger partial charge in [-0.3, -0.25) is 0 Å². The van der Waals surface area contributed by atoms with Crippen molar-refractivity contribution in [3.8, 4) is 0 Å². The number of rotatable bonds is 6.